The van der Waals surface area contributed by atoms with Gasteiger partial charge in [0.2, 0.25) is 0 Å². The third kappa shape index (κ3) is 5.60. The second kappa shape index (κ2) is 7.17. The Morgan fingerprint density at radius 3 is 1.31 bits per heavy atom. The maximum Gasteiger partial charge on any atom is 0.416 e. The predicted molar refractivity (Wildman–Crippen MR) is 77.9 cm³/mol. The summed E-state index contributed by atoms with van der Waals surface area (Å²) < 4.78 is 155. The largest absolute Gasteiger partial charge is 0.416 e. The van der Waals surface area contributed by atoms with Crippen molar-refractivity contribution in [3.63, 3.8) is 0 Å². The molecule has 0 spiro atoms. The van der Waals surface area contributed by atoms with Crippen molar-refractivity contribution >= 4 is 18.2 Å². The smallest absolute Gasteiger partial charge is 0.166 e. The van der Waals surface area contributed by atoms with Gasteiger partial charge in [-0.15, -0.1) is 0 Å². The van der Waals surface area contributed by atoms with Gasteiger partial charge in [0.25, 0.3) is 0 Å². The van der Waals surface area contributed by atoms with Crippen LogP contribution in [-0.2, 0) is 24.7 Å². The van der Waals surface area contributed by atoms with Crippen molar-refractivity contribution in [2.24, 2.45) is 0 Å². The predicted octanol–water partition coefficient (Wildman–Crippen LogP) is 5.42. The Hall–Kier alpha value is -2.34. The molecule has 13 heteroatoms. The lowest BCUT2D eigenvalue weighted by Gasteiger charge is -2.17. The third-order valence-electron chi connectivity index (χ3n) is 3.62. The van der Waals surface area contributed by atoms with Gasteiger partial charge in [-0.1, -0.05) is 29.1 Å². The van der Waals surface area contributed by atoms with Crippen molar-refractivity contribution in [3.8, 4) is 0 Å². The number of hydrogen-bond acceptors (Lipinski definition) is 0. The van der Waals surface area contributed by atoms with Gasteiger partial charge in [0.15, 0.2) is 7.28 Å². The molecule has 0 amide bonds. The SMILES string of the molecule is FC(F)(F)c1cc([B]c2cc(C(F)(F)F)ccc2C(F)(F)F)cc(C(F)(F)F)c1. The molecule has 0 aliphatic rings. The topological polar surface area (TPSA) is 0 Å². The van der Waals surface area contributed by atoms with E-state index in [0.717, 1.165) is 0 Å². The summed E-state index contributed by atoms with van der Waals surface area (Å²) in [4.78, 5) is 0. The van der Waals surface area contributed by atoms with Gasteiger partial charge in [-0.25, -0.2) is 0 Å². The molecule has 0 nitrogen and oxygen atoms in total. The fourth-order valence-electron chi connectivity index (χ4n) is 2.36. The summed E-state index contributed by atoms with van der Waals surface area (Å²) in [6.07, 6.45) is -20.8. The zero-order chi connectivity index (χ0) is 22.4. The van der Waals surface area contributed by atoms with Crippen molar-refractivity contribution in [3.05, 3.63) is 58.7 Å². The minimum atomic E-state index is -5.27. The first kappa shape index (κ1) is 22.9. The van der Waals surface area contributed by atoms with Crippen LogP contribution < -0.4 is 10.9 Å². The van der Waals surface area contributed by atoms with Gasteiger partial charge in [-0.05, 0) is 18.2 Å². The quantitative estimate of drug-likeness (QED) is 0.435. The number of alkyl halides is 12. The van der Waals surface area contributed by atoms with E-state index in [4.69, 9.17) is 0 Å². The third-order valence-corrected chi connectivity index (χ3v) is 3.62. The summed E-state index contributed by atoms with van der Waals surface area (Å²) >= 11 is 0. The molecular formula is C16H6BF12. The highest BCUT2D eigenvalue weighted by Gasteiger charge is 2.39. The van der Waals surface area contributed by atoms with Gasteiger partial charge in [-0.2, -0.15) is 52.7 Å². The molecule has 2 aromatic rings. The van der Waals surface area contributed by atoms with E-state index in [0.29, 0.717) is 0 Å². The first-order valence-corrected chi connectivity index (χ1v) is 7.32. The van der Waals surface area contributed by atoms with Gasteiger partial charge in [0.1, 0.15) is 0 Å². The highest BCUT2D eigenvalue weighted by atomic mass is 19.4. The summed E-state index contributed by atoms with van der Waals surface area (Å²) in [7, 11) is 0.183. The molecule has 0 aromatic heterocycles. The number of hydrogen-bond donors (Lipinski definition) is 0. The van der Waals surface area contributed by atoms with Crippen LogP contribution in [0.1, 0.15) is 22.3 Å². The standard InChI is InChI=1S/C16H6BF12/c18-13(19,20)7-1-2-11(16(27,28)29)12(6-7)17-10-4-8(14(21,22)23)3-9(5-10)15(24,25)26/h1-6H. The molecule has 0 aliphatic carbocycles. The summed E-state index contributed by atoms with van der Waals surface area (Å²) in [5.41, 5.74) is -9.09. The minimum Gasteiger partial charge on any atom is -0.166 e. The van der Waals surface area contributed by atoms with Gasteiger partial charge >= 0.3 is 24.7 Å². The van der Waals surface area contributed by atoms with Crippen LogP contribution in [-0.4, -0.2) is 7.28 Å². The molecule has 0 atom stereocenters. The maximum absolute atomic E-state index is 13.1. The van der Waals surface area contributed by atoms with Gasteiger partial charge in [0.05, 0.1) is 16.7 Å². The van der Waals surface area contributed by atoms with Crippen LogP contribution in [0.25, 0.3) is 0 Å². The molecule has 0 saturated carbocycles. The van der Waals surface area contributed by atoms with Crippen molar-refractivity contribution < 1.29 is 52.7 Å². The normalized spacial score (nSPS) is 13.5. The molecule has 0 N–H and O–H groups in total. The van der Waals surface area contributed by atoms with Crippen molar-refractivity contribution in [2.75, 3.05) is 0 Å². The summed E-state index contributed by atoms with van der Waals surface area (Å²) in [6, 6.07) is 0.107. The first-order valence-electron chi connectivity index (χ1n) is 7.32. The molecule has 0 unspecified atom stereocenters. The van der Waals surface area contributed by atoms with Gasteiger partial charge in [0, 0.05) is 5.56 Å². The fraction of sp³-hybridized carbons (Fsp3) is 0.250. The summed E-state index contributed by atoms with van der Waals surface area (Å²) in [5.74, 6) is 0. The van der Waals surface area contributed by atoms with Gasteiger partial charge < -0.3 is 0 Å². The molecule has 0 heterocycles. The van der Waals surface area contributed by atoms with E-state index < -0.39 is 57.9 Å². The number of rotatable bonds is 2. The van der Waals surface area contributed by atoms with Crippen LogP contribution in [0.4, 0.5) is 52.7 Å². The second-order valence-electron chi connectivity index (χ2n) is 5.78. The van der Waals surface area contributed by atoms with Gasteiger partial charge in [-0.3, -0.25) is 0 Å². The Kier molecular flexibility index (Phi) is 5.67. The Bertz CT molecular complexity index is 854. The van der Waals surface area contributed by atoms with E-state index in [1.54, 1.807) is 0 Å². The van der Waals surface area contributed by atoms with E-state index in [2.05, 4.69) is 0 Å². The van der Waals surface area contributed by atoms with Crippen LogP contribution >= 0.6 is 0 Å². The molecule has 157 valence electrons. The molecule has 2 rings (SSSR count). The molecule has 0 saturated heterocycles. The molecule has 29 heavy (non-hydrogen) atoms. The van der Waals surface area contributed by atoms with Crippen LogP contribution in [0.15, 0.2) is 36.4 Å². The average Bonchev–Trinajstić information content (AvgIpc) is 2.51. The molecule has 2 aromatic carbocycles. The molecular weight excluding hydrogens is 431 g/mol. The Labute approximate surface area is 155 Å². The van der Waals surface area contributed by atoms with E-state index in [1.165, 1.54) is 0 Å². The zero-order valence-electron chi connectivity index (χ0n) is 13.6. The molecule has 1 radical (unpaired) electrons. The van der Waals surface area contributed by atoms with Crippen molar-refractivity contribution in [1.29, 1.82) is 0 Å². The first-order chi connectivity index (χ1) is 12.9. The Morgan fingerprint density at radius 1 is 0.483 bits per heavy atom. The van der Waals surface area contributed by atoms with Crippen molar-refractivity contribution in [1.82, 2.24) is 0 Å². The lowest BCUT2D eigenvalue weighted by atomic mass is 9.61. The minimum absolute atomic E-state index is 0.00362. The van der Waals surface area contributed by atoms with E-state index in [-0.39, 0.29) is 43.7 Å². The highest BCUT2D eigenvalue weighted by Crippen LogP contribution is 2.35. The lowest BCUT2D eigenvalue weighted by Crippen LogP contribution is -2.35. The molecule has 0 bridgehead atoms. The highest BCUT2D eigenvalue weighted by molar-refractivity contribution is 6.67. The van der Waals surface area contributed by atoms with E-state index >= 15 is 0 Å². The van der Waals surface area contributed by atoms with E-state index in [9.17, 15) is 52.7 Å². The Balaban J connectivity index is 2.66. The Morgan fingerprint density at radius 2 is 0.931 bits per heavy atom. The molecule has 0 aliphatic heterocycles. The zero-order valence-corrected chi connectivity index (χ0v) is 13.6. The van der Waals surface area contributed by atoms with Crippen LogP contribution in [0, 0.1) is 0 Å². The number of benzene rings is 2. The average molecular weight is 437 g/mol. The van der Waals surface area contributed by atoms with Crippen LogP contribution in [0.2, 0.25) is 0 Å². The van der Waals surface area contributed by atoms with Crippen LogP contribution in [0.5, 0.6) is 0 Å². The van der Waals surface area contributed by atoms with E-state index in [1.807, 2.05) is 0 Å². The lowest BCUT2D eigenvalue weighted by molar-refractivity contribution is -0.143. The monoisotopic (exact) mass is 437 g/mol. The molecule has 0 fully saturated rings. The second-order valence-corrected chi connectivity index (χ2v) is 5.78. The summed E-state index contributed by atoms with van der Waals surface area (Å²) in [5, 5.41) is 0. The van der Waals surface area contributed by atoms with Crippen molar-refractivity contribution in [2.45, 2.75) is 24.7 Å². The number of halogens is 12. The summed E-state index contributed by atoms with van der Waals surface area (Å²) in [6.45, 7) is 0. The maximum atomic E-state index is 13.1. The fourth-order valence-corrected chi connectivity index (χ4v) is 2.36. The van der Waals surface area contributed by atoms with Crippen LogP contribution in [0.3, 0.4) is 0 Å².